The third-order valence-corrected chi connectivity index (χ3v) is 8.45. The van der Waals surface area contributed by atoms with E-state index in [0.717, 1.165) is 57.1 Å². The number of nitrogens with two attached hydrogens (primary N) is 1. The van der Waals surface area contributed by atoms with Crippen LogP contribution >= 0.6 is 0 Å². The van der Waals surface area contributed by atoms with Crippen LogP contribution in [0, 0.1) is 34.8 Å². The molecule has 3 aliphatic heterocycles. The van der Waals surface area contributed by atoms with Gasteiger partial charge >= 0.3 is 0 Å². The monoisotopic (exact) mass is 541 g/mol. The summed E-state index contributed by atoms with van der Waals surface area (Å²) in [4.78, 5) is 13.9. The highest BCUT2D eigenvalue weighted by atomic mass is 19.1. The quantitative estimate of drug-likeness (QED) is 0.413. The number of nitriles is 1. The molecule has 3 saturated heterocycles. The van der Waals surface area contributed by atoms with Gasteiger partial charge in [0.1, 0.15) is 29.0 Å². The van der Waals surface area contributed by atoms with Crippen molar-refractivity contribution < 1.29 is 13.5 Å². The van der Waals surface area contributed by atoms with E-state index in [1.165, 1.54) is 12.1 Å². The maximum absolute atomic E-state index is 16.0. The molecule has 7 rings (SSSR count). The Morgan fingerprint density at radius 2 is 1.77 bits per heavy atom. The molecule has 2 aromatic carbocycles. The van der Waals surface area contributed by atoms with Gasteiger partial charge in [0, 0.05) is 61.5 Å². The Kier molecular flexibility index (Phi) is 6.13. The zero-order chi connectivity index (χ0) is 27.4. The van der Waals surface area contributed by atoms with Crippen molar-refractivity contribution >= 4 is 22.5 Å². The highest BCUT2D eigenvalue weighted by Crippen LogP contribution is 2.37. The number of rotatable bonds is 4. The molecule has 0 amide bonds. The molecule has 0 radical (unpaired) electrons. The van der Waals surface area contributed by atoms with Gasteiger partial charge in [0.15, 0.2) is 5.65 Å². The van der Waals surface area contributed by atoms with Gasteiger partial charge in [-0.1, -0.05) is 0 Å². The first-order valence-corrected chi connectivity index (χ1v) is 13.7. The molecule has 0 aliphatic carbocycles. The first-order valence-electron chi connectivity index (χ1n) is 13.7. The van der Waals surface area contributed by atoms with Crippen molar-refractivity contribution in [2.24, 2.45) is 17.6 Å². The molecule has 5 heterocycles. The number of benzene rings is 2. The number of hydrogen-bond donors (Lipinski definition) is 1. The Hall–Kier alpha value is -4.07. The van der Waals surface area contributed by atoms with Crippen molar-refractivity contribution in [1.29, 1.82) is 5.26 Å². The molecule has 10 heteroatoms. The second-order valence-electron chi connectivity index (χ2n) is 11.0. The lowest BCUT2D eigenvalue weighted by atomic mass is 10.0. The molecule has 2 unspecified atom stereocenters. The van der Waals surface area contributed by atoms with Crippen molar-refractivity contribution in [3.8, 4) is 23.1 Å². The van der Waals surface area contributed by atoms with Crippen LogP contribution in [-0.2, 0) is 4.74 Å². The van der Waals surface area contributed by atoms with E-state index >= 15 is 4.39 Å². The van der Waals surface area contributed by atoms with Crippen LogP contribution in [0.1, 0.15) is 18.4 Å². The maximum atomic E-state index is 16.0. The van der Waals surface area contributed by atoms with Gasteiger partial charge in [0.2, 0.25) is 0 Å². The molecule has 3 atom stereocenters. The maximum Gasteiger partial charge on any atom is 0.167 e. The molecule has 3 aliphatic rings. The van der Waals surface area contributed by atoms with Crippen molar-refractivity contribution in [3.63, 3.8) is 0 Å². The molecule has 4 aromatic rings. The fourth-order valence-electron chi connectivity index (χ4n) is 6.38. The van der Waals surface area contributed by atoms with E-state index in [4.69, 9.17) is 15.5 Å². The molecule has 40 heavy (non-hydrogen) atoms. The zero-order valence-corrected chi connectivity index (χ0v) is 21.9. The third kappa shape index (κ3) is 4.17. The van der Waals surface area contributed by atoms with Gasteiger partial charge in [-0.2, -0.15) is 5.26 Å². The SMILES string of the molecule is N#Cc1ccc(-c2nc3c(N4CCC[C@@H](N)C4)ccnc3n2-c2ccc(N3CC4COCC4C3)cc2F)cc1F. The van der Waals surface area contributed by atoms with E-state index in [0.29, 0.717) is 40.9 Å². The summed E-state index contributed by atoms with van der Waals surface area (Å²) >= 11 is 0. The van der Waals surface area contributed by atoms with Crippen molar-refractivity contribution in [1.82, 2.24) is 14.5 Å². The summed E-state index contributed by atoms with van der Waals surface area (Å²) < 4.78 is 38.0. The Morgan fingerprint density at radius 3 is 2.50 bits per heavy atom. The molecule has 2 aromatic heterocycles. The predicted molar refractivity (Wildman–Crippen MR) is 148 cm³/mol. The minimum absolute atomic E-state index is 0.0489. The Bertz CT molecular complexity index is 1640. The Balaban J connectivity index is 1.37. The van der Waals surface area contributed by atoms with E-state index in [-0.39, 0.29) is 17.3 Å². The number of fused-ring (bicyclic) bond motifs is 2. The summed E-state index contributed by atoms with van der Waals surface area (Å²) in [6.07, 6.45) is 3.61. The lowest BCUT2D eigenvalue weighted by Gasteiger charge is -2.32. The standard InChI is InChI=1S/C30H29F2N7O/c31-24-10-18(3-4-19(24)12-33)29-36-28-27(37-9-1-2-22(34)15-37)7-8-35-30(28)39(29)26-6-5-23(11-25(26)32)38-13-20-16-40-17-21(20)14-38/h3-8,10-11,20-22H,1-2,9,13-17,34H2/t20?,21?,22-/m1/s1. The number of imidazole rings is 1. The lowest BCUT2D eigenvalue weighted by molar-refractivity contribution is 0.177. The van der Waals surface area contributed by atoms with Gasteiger partial charge < -0.3 is 20.3 Å². The molecule has 2 N–H and O–H groups in total. The van der Waals surface area contributed by atoms with Gasteiger partial charge in [0.05, 0.1) is 30.2 Å². The van der Waals surface area contributed by atoms with Gasteiger partial charge in [-0.3, -0.25) is 4.57 Å². The van der Waals surface area contributed by atoms with E-state index < -0.39 is 11.6 Å². The molecule has 3 fully saturated rings. The first kappa shape index (κ1) is 24.9. The minimum Gasteiger partial charge on any atom is -0.381 e. The van der Waals surface area contributed by atoms with Gasteiger partial charge in [-0.05, 0) is 55.3 Å². The summed E-state index contributed by atoms with van der Waals surface area (Å²) in [6.45, 7) is 4.70. The average Bonchev–Trinajstić information content (AvgIpc) is 3.67. The Labute approximate surface area is 230 Å². The van der Waals surface area contributed by atoms with Crippen LogP contribution in [0.3, 0.4) is 0 Å². The first-order chi connectivity index (χ1) is 19.5. The number of anilines is 2. The van der Waals surface area contributed by atoms with Crippen LogP contribution in [0.4, 0.5) is 20.2 Å². The van der Waals surface area contributed by atoms with Crippen molar-refractivity contribution in [3.05, 3.63) is 65.9 Å². The molecule has 8 nitrogen and oxygen atoms in total. The van der Waals surface area contributed by atoms with E-state index in [1.807, 2.05) is 18.2 Å². The van der Waals surface area contributed by atoms with Crippen LogP contribution < -0.4 is 15.5 Å². The molecular formula is C30H29F2N7O. The number of piperidine rings is 1. The number of nitrogens with zero attached hydrogens (tertiary/aromatic N) is 6. The van der Waals surface area contributed by atoms with Crippen molar-refractivity contribution in [2.45, 2.75) is 18.9 Å². The second kappa shape index (κ2) is 9.84. The molecule has 0 bridgehead atoms. The highest BCUT2D eigenvalue weighted by molar-refractivity contribution is 5.90. The van der Waals surface area contributed by atoms with Crippen LogP contribution in [-0.4, -0.2) is 60.0 Å². The Morgan fingerprint density at radius 1 is 0.950 bits per heavy atom. The molecule has 0 spiro atoms. The minimum atomic E-state index is -0.659. The van der Waals surface area contributed by atoms with E-state index in [9.17, 15) is 9.65 Å². The zero-order valence-electron chi connectivity index (χ0n) is 21.9. The smallest absolute Gasteiger partial charge is 0.167 e. The van der Waals surface area contributed by atoms with Crippen LogP contribution in [0.15, 0.2) is 48.7 Å². The van der Waals surface area contributed by atoms with Gasteiger partial charge in [-0.25, -0.2) is 18.7 Å². The average molecular weight is 542 g/mol. The summed E-state index contributed by atoms with van der Waals surface area (Å²) in [6, 6.07) is 13.3. The fraction of sp³-hybridized carbons (Fsp3) is 0.367. The third-order valence-electron chi connectivity index (χ3n) is 8.45. The van der Waals surface area contributed by atoms with Crippen molar-refractivity contribution in [2.75, 3.05) is 49.2 Å². The summed E-state index contributed by atoms with van der Waals surface area (Å²) in [5.74, 6) is 0.215. The summed E-state index contributed by atoms with van der Waals surface area (Å²) in [5, 5.41) is 9.24. The van der Waals surface area contributed by atoms with Gasteiger partial charge in [0.25, 0.3) is 0 Å². The number of halogens is 2. The lowest BCUT2D eigenvalue weighted by Crippen LogP contribution is -2.42. The number of ether oxygens (including phenoxy) is 1. The summed E-state index contributed by atoms with van der Waals surface area (Å²) in [7, 11) is 0. The molecular weight excluding hydrogens is 512 g/mol. The largest absolute Gasteiger partial charge is 0.381 e. The van der Waals surface area contributed by atoms with E-state index in [2.05, 4.69) is 14.8 Å². The number of pyridine rings is 1. The number of hydrogen-bond acceptors (Lipinski definition) is 7. The fourth-order valence-corrected chi connectivity index (χ4v) is 6.38. The highest BCUT2D eigenvalue weighted by Gasteiger charge is 2.37. The predicted octanol–water partition coefficient (Wildman–Crippen LogP) is 4.25. The summed E-state index contributed by atoms with van der Waals surface area (Å²) in [5.41, 5.74) is 9.64. The molecule has 204 valence electrons. The van der Waals surface area contributed by atoms with E-state index in [1.54, 1.807) is 29.0 Å². The normalized spacial score (nSPS) is 22.6. The molecule has 0 saturated carbocycles. The van der Waals surface area contributed by atoms with Crippen LogP contribution in [0.5, 0.6) is 0 Å². The number of aromatic nitrogens is 3. The topological polar surface area (TPSA) is 96.2 Å². The van der Waals surface area contributed by atoms with Crippen LogP contribution in [0.2, 0.25) is 0 Å². The second-order valence-corrected chi connectivity index (χ2v) is 11.0. The van der Waals surface area contributed by atoms with Crippen LogP contribution in [0.25, 0.3) is 28.2 Å². The van der Waals surface area contributed by atoms with Gasteiger partial charge in [-0.15, -0.1) is 0 Å².